The van der Waals surface area contributed by atoms with Crippen molar-refractivity contribution in [3.63, 3.8) is 0 Å². The smallest absolute Gasteiger partial charge is 0.317 e. The van der Waals surface area contributed by atoms with Crippen LogP contribution in [-0.4, -0.2) is 69.6 Å². The van der Waals surface area contributed by atoms with E-state index in [1.165, 1.54) is 5.56 Å². The summed E-state index contributed by atoms with van der Waals surface area (Å²) in [5.74, 6) is 3.02. The van der Waals surface area contributed by atoms with E-state index in [1.54, 1.807) is 14.2 Å². The summed E-state index contributed by atoms with van der Waals surface area (Å²) in [4.78, 5) is 16.8. The second-order valence-electron chi connectivity index (χ2n) is 7.62. The third-order valence-corrected chi connectivity index (χ3v) is 5.64. The number of carbonyl (C=O) groups excluding carboxylic acids is 1. The van der Waals surface area contributed by atoms with E-state index in [0.717, 1.165) is 43.1 Å². The number of fused-ring (bicyclic) bond motifs is 1. The van der Waals surface area contributed by atoms with Gasteiger partial charge >= 0.3 is 6.03 Å². The molecule has 0 bridgehead atoms. The molecule has 31 heavy (non-hydrogen) atoms. The highest BCUT2D eigenvalue weighted by Crippen LogP contribution is 2.33. The summed E-state index contributed by atoms with van der Waals surface area (Å²) >= 11 is 0. The number of urea groups is 1. The summed E-state index contributed by atoms with van der Waals surface area (Å²) < 4.78 is 21.4. The molecular formula is C23H29N3O5. The molecule has 2 aromatic rings. The minimum Gasteiger partial charge on any atom is -0.493 e. The molecule has 0 atom stereocenters. The summed E-state index contributed by atoms with van der Waals surface area (Å²) in [5, 5.41) is 3.03. The average molecular weight is 428 g/mol. The molecule has 1 fully saturated rings. The van der Waals surface area contributed by atoms with Gasteiger partial charge in [-0.1, -0.05) is 12.1 Å². The molecule has 2 heterocycles. The van der Waals surface area contributed by atoms with Crippen LogP contribution < -0.4 is 24.3 Å². The maximum Gasteiger partial charge on any atom is 0.317 e. The van der Waals surface area contributed by atoms with E-state index in [-0.39, 0.29) is 6.03 Å². The third kappa shape index (κ3) is 5.14. The number of hydrogen-bond acceptors (Lipinski definition) is 6. The van der Waals surface area contributed by atoms with Crippen LogP contribution in [0.3, 0.4) is 0 Å². The molecule has 0 unspecified atom stereocenters. The SMILES string of the molecule is COc1ccc(CCNC(=O)N2CCN(Cc3ccc4c(c3)OCO4)CC2)cc1OC. The molecule has 0 aromatic heterocycles. The van der Waals surface area contributed by atoms with Gasteiger partial charge in [0.05, 0.1) is 14.2 Å². The van der Waals surface area contributed by atoms with Crippen molar-refractivity contribution < 1.29 is 23.7 Å². The Bertz CT molecular complexity index is 912. The number of piperazine rings is 1. The first-order chi connectivity index (χ1) is 15.2. The fraction of sp³-hybridized carbons (Fsp3) is 0.435. The van der Waals surface area contributed by atoms with Gasteiger partial charge in [0.2, 0.25) is 6.79 Å². The highest BCUT2D eigenvalue weighted by Gasteiger charge is 2.22. The lowest BCUT2D eigenvalue weighted by molar-refractivity contribution is 0.135. The summed E-state index contributed by atoms with van der Waals surface area (Å²) in [5.41, 5.74) is 2.28. The highest BCUT2D eigenvalue weighted by molar-refractivity contribution is 5.74. The predicted octanol–water partition coefficient (Wildman–Crippen LogP) is 2.50. The summed E-state index contributed by atoms with van der Waals surface area (Å²) in [7, 11) is 3.24. The van der Waals surface area contributed by atoms with E-state index >= 15 is 0 Å². The van der Waals surface area contributed by atoms with Crippen LogP contribution in [0.1, 0.15) is 11.1 Å². The Hall–Kier alpha value is -3.13. The van der Waals surface area contributed by atoms with Gasteiger partial charge < -0.3 is 29.2 Å². The van der Waals surface area contributed by atoms with Crippen molar-refractivity contribution in [1.82, 2.24) is 15.1 Å². The number of methoxy groups -OCH3 is 2. The number of nitrogens with one attached hydrogen (secondary N) is 1. The molecule has 2 aliphatic heterocycles. The summed E-state index contributed by atoms with van der Waals surface area (Å²) in [6.45, 7) is 4.82. The Morgan fingerprint density at radius 2 is 1.68 bits per heavy atom. The monoisotopic (exact) mass is 427 g/mol. The van der Waals surface area contributed by atoms with Gasteiger partial charge in [0.15, 0.2) is 23.0 Å². The topological polar surface area (TPSA) is 72.5 Å². The molecule has 4 rings (SSSR count). The number of amides is 2. The molecule has 0 radical (unpaired) electrons. The fourth-order valence-electron chi connectivity index (χ4n) is 3.87. The quantitative estimate of drug-likeness (QED) is 0.732. The van der Waals surface area contributed by atoms with Gasteiger partial charge in [0.1, 0.15) is 0 Å². The summed E-state index contributed by atoms with van der Waals surface area (Å²) in [6.07, 6.45) is 0.732. The molecule has 0 aliphatic carbocycles. The van der Waals surface area contributed by atoms with Crippen molar-refractivity contribution in [2.24, 2.45) is 0 Å². The predicted molar refractivity (Wildman–Crippen MR) is 116 cm³/mol. The first kappa shape index (κ1) is 21.1. The molecular weight excluding hydrogens is 398 g/mol. The Morgan fingerprint density at radius 3 is 2.45 bits per heavy atom. The summed E-state index contributed by atoms with van der Waals surface area (Å²) in [6, 6.07) is 11.9. The number of nitrogens with zero attached hydrogens (tertiary/aromatic N) is 2. The van der Waals surface area contributed by atoms with E-state index < -0.39 is 0 Å². The Kier molecular flexibility index (Phi) is 6.66. The molecule has 8 heteroatoms. The minimum atomic E-state index is -0.0109. The molecule has 2 amide bonds. The first-order valence-corrected chi connectivity index (χ1v) is 10.5. The maximum atomic E-state index is 12.5. The van der Waals surface area contributed by atoms with Crippen molar-refractivity contribution in [2.75, 3.05) is 53.7 Å². The molecule has 0 spiro atoms. The molecule has 1 saturated heterocycles. The molecule has 8 nitrogen and oxygen atoms in total. The second kappa shape index (κ2) is 9.78. The van der Waals surface area contributed by atoms with Crippen molar-refractivity contribution in [2.45, 2.75) is 13.0 Å². The number of ether oxygens (including phenoxy) is 4. The zero-order valence-electron chi connectivity index (χ0n) is 18.1. The van der Waals surface area contributed by atoms with Crippen LogP contribution in [0.4, 0.5) is 4.79 Å². The molecule has 166 valence electrons. The number of rotatable bonds is 7. The lowest BCUT2D eigenvalue weighted by Crippen LogP contribution is -2.51. The van der Waals surface area contributed by atoms with Crippen LogP contribution in [0.5, 0.6) is 23.0 Å². The second-order valence-corrected chi connectivity index (χ2v) is 7.62. The van der Waals surface area contributed by atoms with Crippen molar-refractivity contribution >= 4 is 6.03 Å². The van der Waals surface area contributed by atoms with E-state index in [4.69, 9.17) is 18.9 Å². The van der Waals surface area contributed by atoms with Crippen LogP contribution in [0, 0.1) is 0 Å². The van der Waals surface area contributed by atoms with Crippen LogP contribution >= 0.6 is 0 Å². The van der Waals surface area contributed by atoms with Gasteiger partial charge in [-0.25, -0.2) is 4.79 Å². The van der Waals surface area contributed by atoms with Crippen LogP contribution in [0.15, 0.2) is 36.4 Å². The maximum absolute atomic E-state index is 12.5. The molecule has 2 aliphatic rings. The van der Waals surface area contributed by atoms with Crippen molar-refractivity contribution in [3.05, 3.63) is 47.5 Å². The third-order valence-electron chi connectivity index (χ3n) is 5.64. The largest absolute Gasteiger partial charge is 0.493 e. The van der Waals surface area contributed by atoms with E-state index in [0.29, 0.717) is 37.9 Å². The molecule has 0 saturated carbocycles. The average Bonchev–Trinajstić information content (AvgIpc) is 3.27. The first-order valence-electron chi connectivity index (χ1n) is 10.5. The molecule has 2 aromatic carbocycles. The van der Waals surface area contributed by atoms with Crippen LogP contribution in [-0.2, 0) is 13.0 Å². The lowest BCUT2D eigenvalue weighted by Gasteiger charge is -2.34. The number of carbonyl (C=O) groups is 1. The number of hydrogen-bond donors (Lipinski definition) is 1. The van der Waals surface area contributed by atoms with Crippen molar-refractivity contribution in [3.8, 4) is 23.0 Å². The van der Waals surface area contributed by atoms with Gasteiger partial charge in [0, 0.05) is 39.3 Å². The Morgan fingerprint density at radius 1 is 0.935 bits per heavy atom. The van der Waals surface area contributed by atoms with Gasteiger partial charge in [0.25, 0.3) is 0 Å². The Balaban J connectivity index is 1.20. The minimum absolute atomic E-state index is 0.0109. The highest BCUT2D eigenvalue weighted by atomic mass is 16.7. The van der Waals surface area contributed by atoms with E-state index in [9.17, 15) is 4.79 Å². The van der Waals surface area contributed by atoms with Gasteiger partial charge in [-0.3, -0.25) is 4.90 Å². The zero-order valence-corrected chi connectivity index (χ0v) is 18.1. The number of benzene rings is 2. The van der Waals surface area contributed by atoms with E-state index in [1.807, 2.05) is 35.2 Å². The fourth-order valence-corrected chi connectivity index (χ4v) is 3.87. The van der Waals surface area contributed by atoms with Crippen LogP contribution in [0.2, 0.25) is 0 Å². The zero-order chi connectivity index (χ0) is 21.6. The van der Waals surface area contributed by atoms with Gasteiger partial charge in [-0.15, -0.1) is 0 Å². The van der Waals surface area contributed by atoms with Gasteiger partial charge in [-0.05, 0) is 41.8 Å². The lowest BCUT2D eigenvalue weighted by atomic mass is 10.1. The van der Waals surface area contributed by atoms with Crippen molar-refractivity contribution in [1.29, 1.82) is 0 Å². The van der Waals surface area contributed by atoms with Crippen LogP contribution in [0.25, 0.3) is 0 Å². The Labute approximate surface area is 182 Å². The van der Waals surface area contributed by atoms with E-state index in [2.05, 4.69) is 16.3 Å². The van der Waals surface area contributed by atoms with Gasteiger partial charge in [-0.2, -0.15) is 0 Å². The molecule has 1 N–H and O–H groups in total. The standard InChI is InChI=1S/C23H29N3O5/c1-28-19-5-3-17(13-21(19)29-2)7-8-24-23(27)26-11-9-25(10-12-26)15-18-4-6-20-22(14-18)31-16-30-20/h3-6,13-14H,7-12,15-16H2,1-2H3,(H,24,27). The normalized spacial score (nSPS) is 15.6.